The van der Waals surface area contributed by atoms with Crippen LogP contribution in [0.4, 0.5) is 0 Å². The molecule has 43 heavy (non-hydrogen) atoms. The van der Waals surface area contributed by atoms with E-state index in [4.69, 9.17) is 37.6 Å². The zero-order valence-corrected chi connectivity index (χ0v) is 24.6. The minimum absolute atomic E-state index is 0.0317. The minimum Gasteiger partial charge on any atom is -0.504 e. The van der Waals surface area contributed by atoms with Crippen molar-refractivity contribution in [3.63, 3.8) is 0 Å². The number of carbonyl (C=O) groups excluding carboxylic acids is 4. The smallest absolute Gasteiger partial charge is 0.383 e. The van der Waals surface area contributed by atoms with Crippen LogP contribution in [-0.2, 0) is 42.9 Å². The van der Waals surface area contributed by atoms with Gasteiger partial charge >= 0.3 is 29.5 Å². The largest absolute Gasteiger partial charge is 0.504 e. The van der Waals surface area contributed by atoms with E-state index in [2.05, 4.69) is 6.92 Å². The fourth-order valence-corrected chi connectivity index (χ4v) is 4.47. The van der Waals surface area contributed by atoms with Gasteiger partial charge in [0.2, 0.25) is 18.1 Å². The topological polar surface area (TPSA) is 183 Å². The molecule has 0 radical (unpaired) electrons. The van der Waals surface area contributed by atoms with Crippen LogP contribution in [0.5, 0.6) is 17.2 Å². The van der Waals surface area contributed by atoms with Gasteiger partial charge in [0.05, 0.1) is 12.0 Å². The molecule has 2 heterocycles. The van der Waals surface area contributed by atoms with Crippen LogP contribution in [0.15, 0.2) is 27.4 Å². The highest BCUT2D eigenvalue weighted by atomic mass is 16.7. The zero-order valence-electron chi connectivity index (χ0n) is 24.6. The Balaban J connectivity index is 1.95. The molecule has 1 aromatic carbocycles. The van der Waals surface area contributed by atoms with Gasteiger partial charge in [0.1, 0.15) is 24.0 Å². The number of hydrogen-bond donors (Lipinski definition) is 1. The predicted octanol–water partition coefficient (Wildman–Crippen LogP) is 2.92. The summed E-state index contributed by atoms with van der Waals surface area (Å²) in [5.41, 5.74) is -0.950. The number of aromatic hydroxyl groups is 1. The van der Waals surface area contributed by atoms with Gasteiger partial charge in [-0.3, -0.25) is 19.2 Å². The standard InChI is InChI=1S/C29H36O14/c1-6-7-8-9-12-36-25-23(34)20-11-10-19(13-21(20)42-28(25)35)41-29-27(40-18(5)33)26(39-17(4)32)24(38-16(3)31)22(43-29)14-37-15(2)30/h10-11,13,22,24,26-27,29,34H,6-9,12,14H2,1-5H3/t22-,24-,26+,27-,29-/m1/s1. The van der Waals surface area contributed by atoms with Crippen LogP contribution >= 0.6 is 0 Å². The summed E-state index contributed by atoms with van der Waals surface area (Å²) < 4.78 is 43.9. The van der Waals surface area contributed by atoms with Gasteiger partial charge in [0.15, 0.2) is 18.0 Å². The Morgan fingerprint density at radius 3 is 2.14 bits per heavy atom. The molecule has 0 bridgehead atoms. The Bertz CT molecular complexity index is 1360. The summed E-state index contributed by atoms with van der Waals surface area (Å²) in [5, 5.41) is 10.9. The predicted molar refractivity (Wildman–Crippen MR) is 146 cm³/mol. The lowest BCUT2D eigenvalue weighted by Crippen LogP contribution is -2.63. The van der Waals surface area contributed by atoms with Crippen molar-refractivity contribution in [1.29, 1.82) is 0 Å². The quantitative estimate of drug-likeness (QED) is 0.151. The van der Waals surface area contributed by atoms with Crippen molar-refractivity contribution in [3.8, 4) is 17.2 Å². The number of esters is 4. The highest BCUT2D eigenvalue weighted by molar-refractivity contribution is 5.86. The first-order valence-corrected chi connectivity index (χ1v) is 13.8. The molecule has 0 saturated carbocycles. The molecular formula is C29H36O14. The average Bonchev–Trinajstić information content (AvgIpc) is 2.91. The normalized spacial score (nSPS) is 21.5. The maximum atomic E-state index is 12.6. The van der Waals surface area contributed by atoms with Crippen LogP contribution in [0.3, 0.4) is 0 Å². The third kappa shape index (κ3) is 9.08. The maximum absolute atomic E-state index is 12.6. The summed E-state index contributed by atoms with van der Waals surface area (Å²) in [6, 6.07) is 4.12. The average molecular weight is 609 g/mol. The number of unbranched alkanes of at least 4 members (excludes halogenated alkanes) is 3. The van der Waals surface area contributed by atoms with Gasteiger partial charge < -0.3 is 42.7 Å². The molecule has 236 valence electrons. The minimum atomic E-state index is -1.50. The highest BCUT2D eigenvalue weighted by Crippen LogP contribution is 2.35. The SMILES string of the molecule is CCCCCCOc1c(O)c2ccc(O[C@@H]3O[C@H](COC(C)=O)[C@@H](OC(C)=O)[C@H](OC(C)=O)[C@H]3OC(C)=O)cc2oc1=O. The molecule has 3 rings (SSSR count). The molecule has 0 spiro atoms. The highest BCUT2D eigenvalue weighted by Gasteiger charge is 2.53. The zero-order chi connectivity index (χ0) is 31.7. The third-order valence-corrected chi connectivity index (χ3v) is 6.26. The molecule has 1 fully saturated rings. The van der Waals surface area contributed by atoms with E-state index in [1.165, 1.54) is 18.2 Å². The van der Waals surface area contributed by atoms with Gasteiger partial charge in [-0.25, -0.2) is 4.79 Å². The van der Waals surface area contributed by atoms with Gasteiger partial charge in [0.25, 0.3) is 0 Å². The summed E-state index contributed by atoms with van der Waals surface area (Å²) in [6.45, 7) is 6.34. The molecule has 0 amide bonds. The first-order valence-electron chi connectivity index (χ1n) is 13.8. The van der Waals surface area contributed by atoms with Crippen molar-refractivity contribution in [2.75, 3.05) is 13.2 Å². The van der Waals surface area contributed by atoms with Gasteiger partial charge in [-0.15, -0.1) is 0 Å². The molecule has 1 aromatic heterocycles. The summed E-state index contributed by atoms with van der Waals surface area (Å²) in [4.78, 5) is 60.1. The summed E-state index contributed by atoms with van der Waals surface area (Å²) in [5.74, 6) is -3.70. The van der Waals surface area contributed by atoms with Crippen LogP contribution in [0.1, 0.15) is 60.3 Å². The van der Waals surface area contributed by atoms with E-state index in [0.29, 0.717) is 6.42 Å². The van der Waals surface area contributed by atoms with E-state index in [9.17, 15) is 29.1 Å². The van der Waals surface area contributed by atoms with Crippen LogP contribution in [0, 0.1) is 0 Å². The summed E-state index contributed by atoms with van der Waals surface area (Å²) >= 11 is 0. The van der Waals surface area contributed by atoms with E-state index >= 15 is 0 Å². The molecule has 5 atom stereocenters. The Morgan fingerprint density at radius 1 is 0.860 bits per heavy atom. The number of fused-ring (bicyclic) bond motifs is 1. The number of benzene rings is 1. The van der Waals surface area contributed by atoms with Crippen LogP contribution in [0.2, 0.25) is 0 Å². The fraction of sp³-hybridized carbons (Fsp3) is 0.552. The van der Waals surface area contributed by atoms with Gasteiger partial charge in [-0.2, -0.15) is 0 Å². The van der Waals surface area contributed by atoms with Crippen molar-refractivity contribution in [1.82, 2.24) is 0 Å². The van der Waals surface area contributed by atoms with Gasteiger partial charge in [-0.1, -0.05) is 26.2 Å². The molecule has 1 saturated heterocycles. The number of ether oxygens (including phenoxy) is 7. The maximum Gasteiger partial charge on any atom is 0.383 e. The molecule has 1 aliphatic heterocycles. The first-order chi connectivity index (χ1) is 20.4. The molecular weight excluding hydrogens is 572 g/mol. The summed E-state index contributed by atoms with van der Waals surface area (Å²) in [7, 11) is 0. The van der Waals surface area contributed by atoms with E-state index < -0.39 is 72.6 Å². The van der Waals surface area contributed by atoms with E-state index in [1.807, 2.05) is 0 Å². The van der Waals surface area contributed by atoms with Gasteiger partial charge in [-0.05, 0) is 18.6 Å². The van der Waals surface area contributed by atoms with E-state index in [1.54, 1.807) is 0 Å². The number of hydrogen-bond acceptors (Lipinski definition) is 14. The molecule has 1 aliphatic rings. The first kappa shape index (κ1) is 33.2. The fourth-order valence-electron chi connectivity index (χ4n) is 4.47. The van der Waals surface area contributed by atoms with Gasteiger partial charge in [0, 0.05) is 33.8 Å². The molecule has 0 aliphatic carbocycles. The van der Waals surface area contributed by atoms with Crippen LogP contribution < -0.4 is 15.1 Å². The van der Waals surface area contributed by atoms with E-state index in [0.717, 1.165) is 47.0 Å². The Morgan fingerprint density at radius 2 is 1.51 bits per heavy atom. The van der Waals surface area contributed by atoms with Crippen molar-refractivity contribution < 1.29 is 61.9 Å². The molecule has 2 aromatic rings. The van der Waals surface area contributed by atoms with Crippen molar-refractivity contribution in [2.24, 2.45) is 0 Å². The number of rotatable bonds is 13. The van der Waals surface area contributed by atoms with E-state index in [-0.39, 0.29) is 29.1 Å². The Hall–Kier alpha value is -4.33. The van der Waals surface area contributed by atoms with Crippen LogP contribution in [-0.4, -0.2) is 72.9 Å². The van der Waals surface area contributed by atoms with Crippen molar-refractivity contribution in [3.05, 3.63) is 28.6 Å². The Labute approximate surface area is 247 Å². The molecule has 0 unspecified atom stereocenters. The second-order valence-electron chi connectivity index (χ2n) is 9.82. The second-order valence-corrected chi connectivity index (χ2v) is 9.82. The monoisotopic (exact) mass is 608 g/mol. The second kappa shape index (κ2) is 15.2. The van der Waals surface area contributed by atoms with Crippen LogP contribution in [0.25, 0.3) is 11.0 Å². The van der Waals surface area contributed by atoms with Crippen molar-refractivity contribution in [2.45, 2.75) is 91.0 Å². The molecule has 14 nitrogen and oxygen atoms in total. The third-order valence-electron chi connectivity index (χ3n) is 6.26. The van der Waals surface area contributed by atoms with Crippen molar-refractivity contribution >= 4 is 34.8 Å². The number of carbonyl (C=O) groups is 4. The lowest BCUT2D eigenvalue weighted by molar-refractivity contribution is -0.288. The summed E-state index contributed by atoms with van der Waals surface area (Å²) in [6.07, 6.45) is -3.28. The lowest BCUT2D eigenvalue weighted by atomic mass is 9.98. The molecule has 1 N–H and O–H groups in total. The Kier molecular flexibility index (Phi) is 11.8. The lowest BCUT2D eigenvalue weighted by Gasteiger charge is -2.43. The molecule has 14 heteroatoms.